The Balaban J connectivity index is 1.91. The molecule has 0 saturated carbocycles. The number of non-ortho nitro benzene ring substituents is 1. The smallest absolute Gasteiger partial charge is 0.258 e. The first kappa shape index (κ1) is 13.0. The van der Waals surface area contributed by atoms with Gasteiger partial charge in [-0.1, -0.05) is 11.3 Å². The van der Waals surface area contributed by atoms with Gasteiger partial charge in [-0.25, -0.2) is 4.79 Å². The molecular formula is C13H9N2O3S2+. The third-order valence-corrected chi connectivity index (χ3v) is 5.13. The Hall–Kier alpha value is -1.99. The van der Waals surface area contributed by atoms with E-state index in [-0.39, 0.29) is 11.6 Å². The Kier molecular flexibility index (Phi) is 3.15. The summed E-state index contributed by atoms with van der Waals surface area (Å²) < 4.78 is 2.63. The number of nitro groups is 1. The SMILES string of the molecule is Cc1csc2[n+]1C(=O)/C(=C\c1ccc([N+](=O)[O-])cc1)S2. The molecule has 7 heteroatoms. The average molecular weight is 305 g/mol. The van der Waals surface area contributed by atoms with Gasteiger partial charge in [0, 0.05) is 30.8 Å². The van der Waals surface area contributed by atoms with E-state index in [1.165, 1.54) is 35.2 Å². The zero-order chi connectivity index (χ0) is 14.3. The van der Waals surface area contributed by atoms with Gasteiger partial charge in [-0.2, -0.15) is 0 Å². The van der Waals surface area contributed by atoms with Gasteiger partial charge >= 0.3 is 10.2 Å². The zero-order valence-electron chi connectivity index (χ0n) is 10.4. The maximum Gasteiger partial charge on any atom is 0.433 e. The molecule has 3 rings (SSSR count). The highest BCUT2D eigenvalue weighted by atomic mass is 32.2. The second-order valence-corrected chi connectivity index (χ2v) is 6.39. The van der Waals surface area contributed by atoms with Gasteiger partial charge in [-0.15, -0.1) is 4.57 Å². The number of aryl methyl sites for hydroxylation is 1. The van der Waals surface area contributed by atoms with Crippen molar-refractivity contribution in [1.82, 2.24) is 0 Å². The standard InChI is InChI=1S/C13H9N2O3S2/c1-8-7-19-13-14(8)12(16)11(20-13)6-9-2-4-10(5-3-9)15(17)18/h2-7H,1H3/q+1/b11-6+. The fourth-order valence-electron chi connectivity index (χ4n) is 1.88. The lowest BCUT2D eigenvalue weighted by Gasteiger charge is -1.94. The minimum Gasteiger partial charge on any atom is -0.258 e. The number of hydrogen-bond donors (Lipinski definition) is 0. The summed E-state index contributed by atoms with van der Waals surface area (Å²) in [6, 6.07) is 6.15. The predicted molar refractivity (Wildman–Crippen MR) is 76.8 cm³/mol. The van der Waals surface area contributed by atoms with Crippen LogP contribution in [0, 0.1) is 17.0 Å². The summed E-state index contributed by atoms with van der Waals surface area (Å²) in [4.78, 5) is 23.0. The number of allylic oxidation sites excluding steroid dienone is 1. The molecule has 2 aromatic rings. The second-order valence-electron chi connectivity index (χ2n) is 4.24. The first-order valence-electron chi connectivity index (χ1n) is 5.75. The van der Waals surface area contributed by atoms with Crippen molar-refractivity contribution in [1.29, 1.82) is 0 Å². The van der Waals surface area contributed by atoms with Crippen molar-refractivity contribution in [3.8, 4) is 0 Å². The maximum atomic E-state index is 12.2. The lowest BCUT2D eigenvalue weighted by molar-refractivity contribution is -0.606. The average Bonchev–Trinajstić information content (AvgIpc) is 2.93. The molecule has 0 saturated heterocycles. The normalized spacial score (nSPS) is 15.7. The Morgan fingerprint density at radius 2 is 2.00 bits per heavy atom. The molecule has 0 amide bonds. The van der Waals surface area contributed by atoms with Crippen LogP contribution in [0.2, 0.25) is 0 Å². The lowest BCUT2D eigenvalue weighted by atomic mass is 10.2. The minimum absolute atomic E-state index is 0.0397. The molecule has 1 aromatic carbocycles. The van der Waals surface area contributed by atoms with Crippen molar-refractivity contribution in [2.45, 2.75) is 11.3 Å². The number of fused-ring (bicyclic) bond motifs is 1. The van der Waals surface area contributed by atoms with Crippen LogP contribution in [0.25, 0.3) is 6.08 Å². The van der Waals surface area contributed by atoms with Crippen molar-refractivity contribution in [2.75, 3.05) is 0 Å². The van der Waals surface area contributed by atoms with E-state index in [0.29, 0.717) is 4.91 Å². The van der Waals surface area contributed by atoms with Crippen LogP contribution >= 0.6 is 23.1 Å². The van der Waals surface area contributed by atoms with E-state index in [1.54, 1.807) is 22.8 Å². The van der Waals surface area contributed by atoms with E-state index >= 15 is 0 Å². The van der Waals surface area contributed by atoms with Crippen molar-refractivity contribution in [2.24, 2.45) is 0 Å². The van der Waals surface area contributed by atoms with Crippen molar-refractivity contribution in [3.63, 3.8) is 0 Å². The van der Waals surface area contributed by atoms with Crippen LogP contribution in [0.5, 0.6) is 0 Å². The topological polar surface area (TPSA) is 64.1 Å². The summed E-state index contributed by atoms with van der Waals surface area (Å²) >= 11 is 2.97. The third kappa shape index (κ3) is 2.14. The van der Waals surface area contributed by atoms with Crippen LogP contribution in [0.4, 0.5) is 5.69 Å². The molecule has 0 N–H and O–H groups in total. The molecule has 1 aliphatic heterocycles. The summed E-state index contributed by atoms with van der Waals surface area (Å²) in [6.45, 7) is 1.90. The summed E-state index contributed by atoms with van der Waals surface area (Å²) in [6.07, 6.45) is 1.76. The van der Waals surface area contributed by atoms with Crippen LogP contribution in [0.3, 0.4) is 0 Å². The van der Waals surface area contributed by atoms with E-state index in [2.05, 4.69) is 0 Å². The van der Waals surface area contributed by atoms with Crippen LogP contribution < -0.4 is 4.57 Å². The summed E-state index contributed by atoms with van der Waals surface area (Å²) in [5.41, 5.74) is 1.75. The molecule has 0 aliphatic carbocycles. The number of hydrogen-bond acceptors (Lipinski definition) is 5. The largest absolute Gasteiger partial charge is 0.433 e. The molecule has 0 spiro atoms. The highest BCUT2D eigenvalue weighted by Gasteiger charge is 2.38. The Morgan fingerprint density at radius 1 is 1.30 bits per heavy atom. The molecule has 0 atom stereocenters. The Morgan fingerprint density at radius 3 is 2.60 bits per heavy atom. The number of aromatic nitrogens is 1. The quantitative estimate of drug-likeness (QED) is 0.370. The first-order valence-corrected chi connectivity index (χ1v) is 7.45. The Labute approximate surface area is 122 Å². The lowest BCUT2D eigenvalue weighted by Crippen LogP contribution is -2.41. The van der Waals surface area contributed by atoms with Gasteiger partial charge in [0.2, 0.25) is 0 Å². The van der Waals surface area contributed by atoms with Crippen LogP contribution in [0.1, 0.15) is 16.1 Å². The predicted octanol–water partition coefficient (Wildman–Crippen LogP) is 3.04. The fraction of sp³-hybridized carbons (Fsp3) is 0.0769. The van der Waals surface area contributed by atoms with Gasteiger partial charge in [-0.05, 0) is 23.8 Å². The molecular weight excluding hydrogens is 296 g/mol. The number of carbonyl (C=O) groups is 1. The molecule has 0 unspecified atom stereocenters. The zero-order valence-corrected chi connectivity index (χ0v) is 12.0. The number of carbonyl (C=O) groups excluding carboxylic acids is 1. The van der Waals surface area contributed by atoms with E-state index in [4.69, 9.17) is 0 Å². The molecule has 100 valence electrons. The van der Waals surface area contributed by atoms with E-state index < -0.39 is 4.92 Å². The number of nitro benzene ring substituents is 1. The molecule has 1 aromatic heterocycles. The second kappa shape index (κ2) is 4.84. The van der Waals surface area contributed by atoms with Crippen LogP contribution in [0.15, 0.2) is 38.9 Å². The summed E-state index contributed by atoms with van der Waals surface area (Å²) in [7, 11) is 0. The van der Waals surface area contributed by atoms with E-state index in [1.807, 2.05) is 12.3 Å². The third-order valence-electron chi connectivity index (χ3n) is 2.88. The van der Waals surface area contributed by atoms with Crippen molar-refractivity contribution in [3.05, 3.63) is 55.9 Å². The van der Waals surface area contributed by atoms with Gasteiger partial charge in [-0.3, -0.25) is 10.1 Å². The van der Waals surface area contributed by atoms with Gasteiger partial charge < -0.3 is 0 Å². The molecule has 0 bridgehead atoms. The van der Waals surface area contributed by atoms with Crippen molar-refractivity contribution >= 4 is 40.8 Å². The number of nitrogens with zero attached hydrogens (tertiary/aromatic N) is 2. The highest BCUT2D eigenvalue weighted by molar-refractivity contribution is 8.05. The number of benzene rings is 1. The number of thioether (sulfide) groups is 1. The molecule has 0 fully saturated rings. The molecule has 5 nitrogen and oxygen atoms in total. The summed E-state index contributed by atoms with van der Waals surface area (Å²) in [5.74, 6) is -0.0397. The first-order chi connectivity index (χ1) is 9.56. The maximum absolute atomic E-state index is 12.2. The van der Waals surface area contributed by atoms with Gasteiger partial charge in [0.15, 0.2) is 5.69 Å². The molecule has 1 aliphatic rings. The number of thiazole rings is 1. The molecule has 2 heterocycles. The van der Waals surface area contributed by atoms with Gasteiger partial charge in [0.1, 0.15) is 4.91 Å². The monoisotopic (exact) mass is 305 g/mol. The van der Waals surface area contributed by atoms with Crippen LogP contribution in [-0.2, 0) is 0 Å². The Bertz CT molecular complexity index is 747. The van der Waals surface area contributed by atoms with Gasteiger partial charge in [0.05, 0.1) is 10.3 Å². The minimum atomic E-state index is -0.441. The van der Waals surface area contributed by atoms with Crippen LogP contribution in [-0.4, -0.2) is 10.8 Å². The highest BCUT2D eigenvalue weighted by Crippen LogP contribution is 2.35. The van der Waals surface area contributed by atoms with Crippen molar-refractivity contribution < 1.29 is 14.3 Å². The summed E-state index contributed by atoms with van der Waals surface area (Å²) in [5, 5.41) is 12.5. The van der Waals surface area contributed by atoms with E-state index in [9.17, 15) is 14.9 Å². The molecule has 20 heavy (non-hydrogen) atoms. The van der Waals surface area contributed by atoms with Gasteiger partial charge in [0.25, 0.3) is 5.69 Å². The van der Waals surface area contributed by atoms with E-state index in [0.717, 1.165) is 15.6 Å². The molecule has 0 radical (unpaired) electrons. The fourth-order valence-corrected chi connectivity index (χ4v) is 4.08. The number of rotatable bonds is 2.